The van der Waals surface area contributed by atoms with Gasteiger partial charge in [0.15, 0.2) is 0 Å². The average Bonchev–Trinajstić information content (AvgIpc) is 2.80. The molecule has 1 aliphatic rings. The molecule has 5 heteroatoms. The van der Waals surface area contributed by atoms with Gasteiger partial charge in [-0.15, -0.1) is 5.10 Å². The zero-order valence-corrected chi connectivity index (χ0v) is 11.1. The number of rotatable bonds is 2. The van der Waals surface area contributed by atoms with Crippen LogP contribution in [0.4, 0.5) is 5.95 Å². The molecular formula is C14H19N5. The maximum atomic E-state index is 5.71. The third-order valence-corrected chi connectivity index (χ3v) is 3.85. The minimum absolute atomic E-state index is 0.373. The van der Waals surface area contributed by atoms with Gasteiger partial charge >= 0.3 is 0 Å². The van der Waals surface area contributed by atoms with Crippen molar-refractivity contribution in [2.75, 3.05) is 5.73 Å². The predicted octanol–water partition coefficient (Wildman–Crippen LogP) is 1.61. The molecule has 0 bridgehead atoms. The molecular weight excluding hydrogens is 238 g/mol. The van der Waals surface area contributed by atoms with Gasteiger partial charge in [-0.25, -0.2) is 4.68 Å². The standard InChI is InChI=1S/C14H19N5/c1-9-5-12(8-19-13(9)17-14(16)18-19)11-4-2-3-10(6-11)7-15/h2-4,6,9,12H,5,7-8,15H2,1H3,(H2,16,18). The van der Waals surface area contributed by atoms with Crippen molar-refractivity contribution in [2.24, 2.45) is 5.73 Å². The molecule has 0 amide bonds. The van der Waals surface area contributed by atoms with Gasteiger partial charge < -0.3 is 11.5 Å². The maximum absolute atomic E-state index is 5.71. The first-order chi connectivity index (χ1) is 9.17. The molecule has 100 valence electrons. The van der Waals surface area contributed by atoms with E-state index in [4.69, 9.17) is 11.5 Å². The normalized spacial score (nSPS) is 22.2. The Hall–Kier alpha value is -1.88. The van der Waals surface area contributed by atoms with Crippen LogP contribution >= 0.6 is 0 Å². The van der Waals surface area contributed by atoms with Crippen molar-refractivity contribution < 1.29 is 0 Å². The number of fused-ring (bicyclic) bond motifs is 1. The van der Waals surface area contributed by atoms with Crippen LogP contribution in [0, 0.1) is 0 Å². The Morgan fingerprint density at radius 3 is 3.05 bits per heavy atom. The molecule has 2 aromatic rings. The first-order valence-electron chi connectivity index (χ1n) is 6.66. The van der Waals surface area contributed by atoms with Crippen molar-refractivity contribution >= 4 is 5.95 Å². The number of nitrogen functional groups attached to an aromatic ring is 1. The second-order valence-corrected chi connectivity index (χ2v) is 5.29. The van der Waals surface area contributed by atoms with Gasteiger partial charge in [-0.05, 0) is 17.5 Å². The van der Waals surface area contributed by atoms with Crippen molar-refractivity contribution in [1.82, 2.24) is 14.8 Å². The van der Waals surface area contributed by atoms with Crippen LogP contribution in [-0.2, 0) is 13.1 Å². The summed E-state index contributed by atoms with van der Waals surface area (Å²) in [5.41, 5.74) is 13.9. The van der Waals surface area contributed by atoms with E-state index in [9.17, 15) is 0 Å². The lowest BCUT2D eigenvalue weighted by atomic mass is 9.86. The Bertz CT molecular complexity index is 589. The van der Waals surface area contributed by atoms with E-state index in [0.717, 1.165) is 18.8 Å². The maximum Gasteiger partial charge on any atom is 0.239 e. The van der Waals surface area contributed by atoms with Gasteiger partial charge in [0.1, 0.15) is 5.82 Å². The monoisotopic (exact) mass is 257 g/mol. The summed E-state index contributed by atoms with van der Waals surface area (Å²) < 4.78 is 1.95. The van der Waals surface area contributed by atoms with Gasteiger partial charge in [0, 0.05) is 24.9 Å². The molecule has 0 aliphatic carbocycles. The molecule has 0 radical (unpaired) electrons. The minimum Gasteiger partial charge on any atom is -0.366 e. The summed E-state index contributed by atoms with van der Waals surface area (Å²) in [5, 5.41) is 4.28. The number of anilines is 1. The SMILES string of the molecule is CC1CC(c2cccc(CN)c2)Cn2nc(N)nc21. The van der Waals surface area contributed by atoms with Crippen molar-refractivity contribution in [1.29, 1.82) is 0 Å². The molecule has 5 nitrogen and oxygen atoms in total. The molecule has 2 heterocycles. The summed E-state index contributed by atoms with van der Waals surface area (Å²) in [6.07, 6.45) is 1.08. The first kappa shape index (κ1) is 12.2. The summed E-state index contributed by atoms with van der Waals surface area (Å²) in [5.74, 6) is 2.21. The lowest BCUT2D eigenvalue weighted by Gasteiger charge is -2.27. The Labute approximate surface area is 112 Å². The van der Waals surface area contributed by atoms with Crippen LogP contribution in [0.25, 0.3) is 0 Å². The quantitative estimate of drug-likeness (QED) is 0.856. The molecule has 4 N–H and O–H groups in total. The van der Waals surface area contributed by atoms with E-state index >= 15 is 0 Å². The molecule has 2 atom stereocenters. The molecule has 0 saturated heterocycles. The number of hydrogen-bond donors (Lipinski definition) is 2. The third-order valence-electron chi connectivity index (χ3n) is 3.85. The Morgan fingerprint density at radius 2 is 2.26 bits per heavy atom. The van der Waals surface area contributed by atoms with Crippen molar-refractivity contribution in [2.45, 2.75) is 38.3 Å². The van der Waals surface area contributed by atoms with Crippen LogP contribution in [-0.4, -0.2) is 14.8 Å². The molecule has 0 spiro atoms. The number of nitrogens with two attached hydrogens (primary N) is 2. The zero-order valence-electron chi connectivity index (χ0n) is 11.1. The van der Waals surface area contributed by atoms with Gasteiger partial charge in [0.25, 0.3) is 0 Å². The summed E-state index contributed by atoms with van der Waals surface area (Å²) in [6, 6.07) is 8.51. The average molecular weight is 257 g/mol. The van der Waals surface area contributed by atoms with Crippen LogP contribution in [0.15, 0.2) is 24.3 Å². The van der Waals surface area contributed by atoms with Crippen molar-refractivity contribution in [3.63, 3.8) is 0 Å². The Morgan fingerprint density at radius 1 is 1.42 bits per heavy atom. The summed E-state index contributed by atoms with van der Waals surface area (Å²) >= 11 is 0. The number of aromatic nitrogens is 3. The highest BCUT2D eigenvalue weighted by molar-refractivity contribution is 5.28. The lowest BCUT2D eigenvalue weighted by molar-refractivity contribution is 0.382. The number of nitrogens with zero attached hydrogens (tertiary/aromatic N) is 3. The smallest absolute Gasteiger partial charge is 0.239 e. The third kappa shape index (κ3) is 2.21. The van der Waals surface area contributed by atoms with Gasteiger partial charge in [-0.3, -0.25) is 0 Å². The molecule has 19 heavy (non-hydrogen) atoms. The van der Waals surface area contributed by atoms with E-state index in [1.165, 1.54) is 11.1 Å². The van der Waals surface area contributed by atoms with Gasteiger partial charge in [0.2, 0.25) is 5.95 Å². The van der Waals surface area contributed by atoms with Crippen molar-refractivity contribution in [3.05, 3.63) is 41.2 Å². The highest BCUT2D eigenvalue weighted by atomic mass is 15.4. The highest BCUT2D eigenvalue weighted by Gasteiger charge is 2.27. The summed E-state index contributed by atoms with van der Waals surface area (Å²) in [4.78, 5) is 4.30. The molecule has 0 fully saturated rings. The van der Waals surface area contributed by atoms with Crippen LogP contribution in [0.5, 0.6) is 0 Å². The van der Waals surface area contributed by atoms with E-state index in [-0.39, 0.29) is 0 Å². The minimum atomic E-state index is 0.373. The predicted molar refractivity (Wildman–Crippen MR) is 74.5 cm³/mol. The Balaban J connectivity index is 1.91. The van der Waals surface area contributed by atoms with Gasteiger partial charge in [-0.1, -0.05) is 31.2 Å². The van der Waals surface area contributed by atoms with Crippen molar-refractivity contribution in [3.8, 4) is 0 Å². The molecule has 1 aromatic heterocycles. The number of benzene rings is 1. The summed E-state index contributed by atoms with van der Waals surface area (Å²) in [7, 11) is 0. The van der Waals surface area contributed by atoms with Gasteiger partial charge in [0.05, 0.1) is 0 Å². The van der Waals surface area contributed by atoms with Crippen LogP contribution in [0.2, 0.25) is 0 Å². The van der Waals surface area contributed by atoms with E-state index in [1.54, 1.807) is 0 Å². The second-order valence-electron chi connectivity index (χ2n) is 5.29. The van der Waals surface area contributed by atoms with E-state index in [0.29, 0.717) is 24.3 Å². The molecule has 1 aromatic carbocycles. The van der Waals surface area contributed by atoms with Crippen LogP contribution < -0.4 is 11.5 Å². The fourth-order valence-electron chi connectivity index (χ4n) is 2.90. The van der Waals surface area contributed by atoms with Gasteiger partial charge in [-0.2, -0.15) is 4.98 Å². The van der Waals surface area contributed by atoms with Crippen LogP contribution in [0.1, 0.15) is 42.1 Å². The largest absolute Gasteiger partial charge is 0.366 e. The zero-order chi connectivity index (χ0) is 13.4. The first-order valence-corrected chi connectivity index (χ1v) is 6.66. The second kappa shape index (κ2) is 4.66. The fraction of sp³-hybridized carbons (Fsp3) is 0.429. The molecule has 1 aliphatic heterocycles. The van der Waals surface area contributed by atoms with E-state index in [2.05, 4.69) is 41.3 Å². The number of hydrogen-bond acceptors (Lipinski definition) is 4. The highest BCUT2D eigenvalue weighted by Crippen LogP contribution is 2.35. The topological polar surface area (TPSA) is 82.8 Å². The Kier molecular flexibility index (Phi) is 2.98. The van der Waals surface area contributed by atoms with E-state index in [1.807, 2.05) is 4.68 Å². The molecule has 3 rings (SSSR count). The van der Waals surface area contributed by atoms with Crippen LogP contribution in [0.3, 0.4) is 0 Å². The fourth-order valence-corrected chi connectivity index (χ4v) is 2.90. The molecule has 0 saturated carbocycles. The van der Waals surface area contributed by atoms with E-state index < -0.39 is 0 Å². The lowest BCUT2D eigenvalue weighted by Crippen LogP contribution is -2.22. The molecule has 2 unspecified atom stereocenters. The summed E-state index contributed by atoms with van der Waals surface area (Å²) in [6.45, 7) is 3.61.